The average Bonchev–Trinajstić information content (AvgIpc) is 2.79. The molecule has 2 heterocycles. The molecule has 1 aromatic heterocycles. The first-order valence-electron chi connectivity index (χ1n) is 6.06. The van der Waals surface area contributed by atoms with Gasteiger partial charge in [-0.3, -0.25) is 14.4 Å². The Morgan fingerprint density at radius 3 is 2.53 bits per heavy atom. The Hall–Kier alpha value is -1.62. The third kappa shape index (κ3) is 1.57. The zero-order chi connectivity index (χ0) is 13.8. The van der Waals surface area contributed by atoms with Gasteiger partial charge in [-0.25, -0.2) is 0 Å². The SMILES string of the molecule is Cn1ncc(Br)c1N1C(=O)c2ccccc2C1(C)C. The first-order chi connectivity index (χ1) is 8.94. The molecule has 0 saturated heterocycles. The molecule has 2 aromatic rings. The van der Waals surface area contributed by atoms with Gasteiger partial charge < -0.3 is 0 Å². The van der Waals surface area contributed by atoms with Crippen molar-refractivity contribution in [2.75, 3.05) is 4.90 Å². The minimum Gasteiger partial charge on any atom is -0.282 e. The molecule has 0 radical (unpaired) electrons. The van der Waals surface area contributed by atoms with Gasteiger partial charge in [0.05, 0.1) is 16.2 Å². The summed E-state index contributed by atoms with van der Waals surface area (Å²) in [6.07, 6.45) is 1.71. The van der Waals surface area contributed by atoms with Crippen molar-refractivity contribution in [1.82, 2.24) is 9.78 Å². The Morgan fingerprint density at radius 1 is 1.26 bits per heavy atom. The number of benzene rings is 1. The van der Waals surface area contributed by atoms with Crippen molar-refractivity contribution in [2.24, 2.45) is 7.05 Å². The minimum absolute atomic E-state index is 0.0184. The number of hydrogen-bond donors (Lipinski definition) is 0. The van der Waals surface area contributed by atoms with Gasteiger partial charge in [0, 0.05) is 12.6 Å². The van der Waals surface area contributed by atoms with Crippen LogP contribution >= 0.6 is 15.9 Å². The maximum absolute atomic E-state index is 12.7. The second kappa shape index (κ2) is 3.93. The summed E-state index contributed by atoms with van der Waals surface area (Å²) in [4.78, 5) is 14.5. The predicted molar refractivity (Wildman–Crippen MR) is 77.2 cm³/mol. The maximum atomic E-state index is 12.7. The molecule has 0 unspecified atom stereocenters. The number of rotatable bonds is 1. The zero-order valence-corrected chi connectivity index (χ0v) is 12.6. The highest BCUT2D eigenvalue weighted by molar-refractivity contribution is 9.10. The molecule has 0 N–H and O–H groups in total. The van der Waals surface area contributed by atoms with Gasteiger partial charge in [-0.1, -0.05) is 18.2 Å². The Morgan fingerprint density at radius 2 is 1.95 bits per heavy atom. The van der Waals surface area contributed by atoms with Crippen molar-refractivity contribution in [2.45, 2.75) is 19.4 Å². The summed E-state index contributed by atoms with van der Waals surface area (Å²) >= 11 is 3.47. The van der Waals surface area contributed by atoms with E-state index in [2.05, 4.69) is 34.9 Å². The number of halogens is 1. The van der Waals surface area contributed by atoms with Gasteiger partial charge >= 0.3 is 0 Å². The number of anilines is 1. The zero-order valence-electron chi connectivity index (χ0n) is 11.0. The third-order valence-corrected chi connectivity index (χ3v) is 4.21. The standard InChI is InChI=1S/C14H14BrN3O/c1-14(2)10-7-5-4-6-9(10)13(19)18(14)12-11(15)8-16-17(12)3/h4-8H,1-3H3. The number of nitrogens with zero attached hydrogens (tertiary/aromatic N) is 3. The first-order valence-corrected chi connectivity index (χ1v) is 6.85. The van der Waals surface area contributed by atoms with Crippen molar-refractivity contribution in [3.63, 3.8) is 0 Å². The Kier molecular flexibility index (Phi) is 2.57. The number of fused-ring (bicyclic) bond motifs is 1. The predicted octanol–water partition coefficient (Wildman–Crippen LogP) is 3.08. The molecule has 1 aromatic carbocycles. The van der Waals surface area contributed by atoms with Crippen molar-refractivity contribution in [3.05, 3.63) is 46.1 Å². The molecule has 1 aliphatic rings. The van der Waals surface area contributed by atoms with E-state index in [0.717, 1.165) is 21.4 Å². The first kappa shape index (κ1) is 12.4. The van der Waals surface area contributed by atoms with Crippen LogP contribution in [-0.2, 0) is 12.6 Å². The molecule has 0 fully saturated rings. The van der Waals surface area contributed by atoms with Crippen LogP contribution in [0.4, 0.5) is 5.82 Å². The van der Waals surface area contributed by atoms with Crippen LogP contribution in [0.2, 0.25) is 0 Å². The van der Waals surface area contributed by atoms with Crippen LogP contribution in [0.1, 0.15) is 29.8 Å². The van der Waals surface area contributed by atoms with Gasteiger partial charge in [-0.05, 0) is 41.4 Å². The largest absolute Gasteiger partial charge is 0.282 e. The quantitative estimate of drug-likeness (QED) is 0.810. The van der Waals surface area contributed by atoms with E-state index in [9.17, 15) is 4.79 Å². The highest BCUT2D eigenvalue weighted by Crippen LogP contribution is 2.43. The molecule has 0 atom stereocenters. The molecule has 0 aliphatic carbocycles. The number of carbonyl (C=O) groups is 1. The Labute approximate surface area is 120 Å². The highest BCUT2D eigenvalue weighted by atomic mass is 79.9. The third-order valence-electron chi connectivity index (χ3n) is 3.65. The van der Waals surface area contributed by atoms with Crippen LogP contribution in [0.15, 0.2) is 34.9 Å². The molecule has 1 amide bonds. The Bertz CT molecular complexity index is 656. The fourth-order valence-electron chi connectivity index (χ4n) is 2.71. The lowest BCUT2D eigenvalue weighted by molar-refractivity contribution is 0.0980. The van der Waals surface area contributed by atoms with Crippen LogP contribution in [0.25, 0.3) is 0 Å². The second-order valence-electron chi connectivity index (χ2n) is 5.18. The van der Waals surface area contributed by atoms with E-state index in [0.29, 0.717) is 0 Å². The summed E-state index contributed by atoms with van der Waals surface area (Å²) in [5.74, 6) is 0.802. The highest BCUT2D eigenvalue weighted by Gasteiger charge is 2.45. The Balaban J connectivity index is 2.24. The fraction of sp³-hybridized carbons (Fsp3) is 0.286. The number of amides is 1. The van der Waals surface area contributed by atoms with Gasteiger partial charge in [-0.2, -0.15) is 5.10 Å². The van der Waals surface area contributed by atoms with E-state index >= 15 is 0 Å². The topological polar surface area (TPSA) is 38.1 Å². The molecule has 1 aliphatic heterocycles. The van der Waals surface area contributed by atoms with Crippen LogP contribution in [0.3, 0.4) is 0 Å². The summed E-state index contributed by atoms with van der Waals surface area (Å²) in [6.45, 7) is 4.10. The minimum atomic E-state index is -0.385. The second-order valence-corrected chi connectivity index (χ2v) is 6.04. The van der Waals surface area contributed by atoms with Crippen molar-refractivity contribution in [3.8, 4) is 0 Å². The number of hydrogen-bond acceptors (Lipinski definition) is 2. The summed E-state index contributed by atoms with van der Waals surface area (Å²) < 4.78 is 2.54. The maximum Gasteiger partial charge on any atom is 0.260 e. The van der Waals surface area contributed by atoms with E-state index in [1.165, 1.54) is 0 Å². The lowest BCUT2D eigenvalue weighted by atomic mass is 9.94. The molecule has 4 nitrogen and oxygen atoms in total. The van der Waals surface area contributed by atoms with E-state index in [1.54, 1.807) is 15.8 Å². The summed E-state index contributed by atoms with van der Waals surface area (Å²) in [6, 6.07) is 7.76. The summed E-state index contributed by atoms with van der Waals surface area (Å²) in [5.41, 5.74) is 1.43. The molecule has 0 bridgehead atoms. The summed E-state index contributed by atoms with van der Waals surface area (Å²) in [5, 5.41) is 4.20. The molecular formula is C14H14BrN3O. The van der Waals surface area contributed by atoms with E-state index in [1.807, 2.05) is 31.3 Å². The molecule has 3 rings (SSSR count). The lowest BCUT2D eigenvalue weighted by Gasteiger charge is -2.32. The van der Waals surface area contributed by atoms with Crippen molar-refractivity contribution < 1.29 is 4.79 Å². The average molecular weight is 320 g/mol. The van der Waals surface area contributed by atoms with Gasteiger partial charge in [0.25, 0.3) is 5.91 Å². The van der Waals surface area contributed by atoms with Crippen LogP contribution in [0, 0.1) is 0 Å². The van der Waals surface area contributed by atoms with Crippen molar-refractivity contribution in [1.29, 1.82) is 0 Å². The molecule has 98 valence electrons. The van der Waals surface area contributed by atoms with E-state index in [4.69, 9.17) is 0 Å². The smallest absolute Gasteiger partial charge is 0.260 e. The molecule has 0 saturated carbocycles. The number of aryl methyl sites for hydroxylation is 1. The lowest BCUT2D eigenvalue weighted by Crippen LogP contribution is -2.40. The molecular weight excluding hydrogens is 306 g/mol. The van der Waals surface area contributed by atoms with Gasteiger partial charge in [0.2, 0.25) is 0 Å². The molecule has 0 spiro atoms. The molecule has 5 heteroatoms. The van der Waals surface area contributed by atoms with Crippen LogP contribution in [0.5, 0.6) is 0 Å². The van der Waals surface area contributed by atoms with E-state index in [-0.39, 0.29) is 11.4 Å². The van der Waals surface area contributed by atoms with Crippen LogP contribution < -0.4 is 4.90 Å². The number of aromatic nitrogens is 2. The number of carbonyl (C=O) groups excluding carboxylic acids is 1. The van der Waals surface area contributed by atoms with Gasteiger partial charge in [0.1, 0.15) is 5.82 Å². The summed E-state index contributed by atoms with van der Waals surface area (Å²) in [7, 11) is 1.84. The van der Waals surface area contributed by atoms with Gasteiger partial charge in [0.15, 0.2) is 0 Å². The van der Waals surface area contributed by atoms with Crippen molar-refractivity contribution >= 4 is 27.7 Å². The van der Waals surface area contributed by atoms with Gasteiger partial charge in [-0.15, -0.1) is 0 Å². The monoisotopic (exact) mass is 319 g/mol. The van der Waals surface area contributed by atoms with E-state index < -0.39 is 0 Å². The normalized spacial score (nSPS) is 16.8. The fourth-order valence-corrected chi connectivity index (χ4v) is 3.24. The van der Waals surface area contributed by atoms with Crippen LogP contribution in [-0.4, -0.2) is 15.7 Å². The molecule has 19 heavy (non-hydrogen) atoms.